The Hall–Kier alpha value is -2.01. The molecule has 0 radical (unpaired) electrons. The molecule has 0 atom stereocenters. The summed E-state index contributed by atoms with van der Waals surface area (Å²) in [7, 11) is 0. The van der Waals surface area contributed by atoms with Crippen LogP contribution in [0.2, 0.25) is 5.02 Å². The number of benzene rings is 1. The Balaban J connectivity index is 2.65. The molecule has 0 unspecified atom stereocenters. The summed E-state index contributed by atoms with van der Waals surface area (Å²) in [6.45, 7) is 2.01. The van der Waals surface area contributed by atoms with Crippen molar-refractivity contribution in [3.8, 4) is 5.69 Å². The molecule has 0 aliphatic carbocycles. The van der Waals surface area contributed by atoms with Gasteiger partial charge in [0.15, 0.2) is 5.84 Å². The quantitative estimate of drug-likeness (QED) is 0.386. The van der Waals surface area contributed by atoms with Gasteiger partial charge in [0.2, 0.25) is 0 Å². The average molecular weight is 265 g/mol. The van der Waals surface area contributed by atoms with E-state index >= 15 is 0 Å². The molecule has 0 fully saturated rings. The van der Waals surface area contributed by atoms with Crippen LogP contribution in [0.3, 0.4) is 0 Å². The summed E-state index contributed by atoms with van der Waals surface area (Å²) in [6, 6.07) is 5.17. The van der Waals surface area contributed by atoms with Gasteiger partial charge in [0.25, 0.3) is 0 Å². The summed E-state index contributed by atoms with van der Waals surface area (Å²) >= 11 is 6.00. The van der Waals surface area contributed by atoms with Crippen molar-refractivity contribution in [1.82, 2.24) is 9.55 Å². The van der Waals surface area contributed by atoms with Gasteiger partial charge in [0.1, 0.15) is 5.82 Å². The Kier molecular flexibility index (Phi) is 3.53. The van der Waals surface area contributed by atoms with Gasteiger partial charge in [-0.25, -0.2) is 4.98 Å². The molecule has 3 N–H and O–H groups in total. The molecule has 0 amide bonds. The van der Waals surface area contributed by atoms with Crippen molar-refractivity contribution in [3.05, 3.63) is 47.0 Å². The Labute approximate surface area is 110 Å². The summed E-state index contributed by atoms with van der Waals surface area (Å²) in [5.41, 5.74) is 7.01. The monoisotopic (exact) mass is 264 g/mol. The predicted molar refractivity (Wildman–Crippen MR) is 70.5 cm³/mol. The summed E-state index contributed by atoms with van der Waals surface area (Å²) in [5.74, 6) is 0.918. The summed E-state index contributed by atoms with van der Waals surface area (Å²) in [6.07, 6.45) is 4.30. The first kappa shape index (κ1) is 12.4. The van der Waals surface area contributed by atoms with Crippen LogP contribution in [0.4, 0.5) is 0 Å². The second-order valence-corrected chi connectivity index (χ2v) is 4.15. The minimum atomic E-state index is 0.0393. The van der Waals surface area contributed by atoms with Crippen LogP contribution in [-0.4, -0.2) is 20.6 Å². The smallest absolute Gasteiger partial charge is 0.172 e. The summed E-state index contributed by atoms with van der Waals surface area (Å²) in [4.78, 5) is 4.24. The third-order valence-electron chi connectivity index (χ3n) is 2.64. The minimum Gasteiger partial charge on any atom is -0.409 e. The first-order chi connectivity index (χ1) is 8.67. The molecule has 18 heavy (non-hydrogen) atoms. The number of aromatic nitrogens is 2. The van der Waals surface area contributed by atoms with Gasteiger partial charge in [-0.05, 0) is 18.2 Å². The van der Waals surface area contributed by atoms with E-state index in [1.165, 1.54) is 0 Å². The van der Waals surface area contributed by atoms with E-state index in [2.05, 4.69) is 10.1 Å². The van der Waals surface area contributed by atoms with E-state index in [-0.39, 0.29) is 5.84 Å². The topological polar surface area (TPSA) is 76.4 Å². The van der Waals surface area contributed by atoms with Gasteiger partial charge in [-0.15, -0.1) is 0 Å². The number of nitrogens with two attached hydrogens (primary N) is 1. The van der Waals surface area contributed by atoms with E-state index in [4.69, 9.17) is 22.5 Å². The highest BCUT2D eigenvalue weighted by molar-refractivity contribution is 6.31. The van der Waals surface area contributed by atoms with E-state index in [1.807, 2.05) is 17.7 Å². The fourth-order valence-corrected chi connectivity index (χ4v) is 1.96. The van der Waals surface area contributed by atoms with Gasteiger partial charge in [0, 0.05) is 29.4 Å². The van der Waals surface area contributed by atoms with Gasteiger partial charge >= 0.3 is 0 Å². The van der Waals surface area contributed by atoms with Crippen LogP contribution in [0.15, 0.2) is 35.7 Å². The number of amidine groups is 1. The molecule has 0 saturated carbocycles. The van der Waals surface area contributed by atoms with Crippen molar-refractivity contribution >= 4 is 17.4 Å². The predicted octanol–water partition coefficient (Wildman–Crippen LogP) is 2.18. The molecule has 1 aromatic heterocycles. The van der Waals surface area contributed by atoms with Crippen molar-refractivity contribution in [3.63, 3.8) is 0 Å². The molecule has 0 aliphatic heterocycles. The summed E-state index contributed by atoms with van der Waals surface area (Å²) in [5, 5.41) is 12.4. The largest absolute Gasteiger partial charge is 0.409 e. The maximum Gasteiger partial charge on any atom is 0.172 e. The minimum absolute atomic E-state index is 0.0393. The van der Waals surface area contributed by atoms with Crippen LogP contribution in [0, 0.1) is 0 Å². The zero-order valence-electron chi connectivity index (χ0n) is 9.84. The van der Waals surface area contributed by atoms with E-state index in [1.54, 1.807) is 24.4 Å². The fraction of sp³-hybridized carbons (Fsp3) is 0.167. The van der Waals surface area contributed by atoms with Crippen LogP contribution in [0.5, 0.6) is 0 Å². The molecule has 5 nitrogen and oxygen atoms in total. The number of rotatable bonds is 3. The molecule has 6 heteroatoms. The number of oxime groups is 1. The van der Waals surface area contributed by atoms with Crippen LogP contribution in [-0.2, 0) is 6.42 Å². The maximum absolute atomic E-state index is 8.81. The highest BCUT2D eigenvalue weighted by Crippen LogP contribution is 2.21. The summed E-state index contributed by atoms with van der Waals surface area (Å²) < 4.78 is 1.87. The molecular formula is C12H13ClN4O. The highest BCUT2D eigenvalue weighted by atomic mass is 35.5. The first-order valence-electron chi connectivity index (χ1n) is 5.47. The van der Waals surface area contributed by atoms with Crippen LogP contribution in [0.25, 0.3) is 5.69 Å². The van der Waals surface area contributed by atoms with E-state index < -0.39 is 0 Å². The van der Waals surface area contributed by atoms with Gasteiger partial charge in [-0.2, -0.15) is 0 Å². The molecule has 0 bridgehead atoms. The number of aryl methyl sites for hydroxylation is 1. The lowest BCUT2D eigenvalue weighted by atomic mass is 10.1. The molecule has 1 heterocycles. The molecule has 0 aliphatic rings. The zero-order chi connectivity index (χ0) is 13.1. The van der Waals surface area contributed by atoms with Crippen molar-refractivity contribution < 1.29 is 5.21 Å². The molecule has 2 aromatic rings. The lowest BCUT2D eigenvalue weighted by Crippen LogP contribution is -2.16. The fourth-order valence-electron chi connectivity index (χ4n) is 1.79. The Bertz CT molecular complexity index is 592. The van der Waals surface area contributed by atoms with Gasteiger partial charge in [-0.1, -0.05) is 23.7 Å². The molecular weight excluding hydrogens is 252 g/mol. The highest BCUT2D eigenvalue weighted by Gasteiger charge is 2.12. The standard InChI is InChI=1S/C12H13ClN4O/c1-2-11-15-5-6-17(11)10-7-8(13)3-4-9(10)12(14)16-18/h3-7,18H,2H2,1H3,(H2,14,16). The SMILES string of the molecule is CCc1nccn1-c1cc(Cl)ccc1C(N)=NO. The lowest BCUT2D eigenvalue weighted by Gasteiger charge is -2.12. The molecule has 94 valence electrons. The molecule has 0 saturated heterocycles. The van der Waals surface area contributed by atoms with E-state index in [0.29, 0.717) is 10.6 Å². The Morgan fingerprint density at radius 2 is 2.33 bits per heavy atom. The Morgan fingerprint density at radius 3 is 3.00 bits per heavy atom. The molecule has 1 aromatic carbocycles. The average Bonchev–Trinajstić information content (AvgIpc) is 2.85. The van der Waals surface area contributed by atoms with Gasteiger partial charge < -0.3 is 15.5 Å². The van der Waals surface area contributed by atoms with Crippen LogP contribution >= 0.6 is 11.6 Å². The number of hydrogen-bond donors (Lipinski definition) is 2. The normalized spacial score (nSPS) is 11.8. The van der Waals surface area contributed by atoms with Crippen molar-refractivity contribution in [2.75, 3.05) is 0 Å². The van der Waals surface area contributed by atoms with E-state index in [9.17, 15) is 0 Å². The van der Waals surface area contributed by atoms with Gasteiger partial charge in [0.05, 0.1) is 5.69 Å². The number of halogens is 1. The van der Waals surface area contributed by atoms with Gasteiger partial charge in [-0.3, -0.25) is 0 Å². The van der Waals surface area contributed by atoms with E-state index in [0.717, 1.165) is 17.9 Å². The number of imidazole rings is 1. The third-order valence-corrected chi connectivity index (χ3v) is 2.87. The van der Waals surface area contributed by atoms with Crippen LogP contribution < -0.4 is 5.73 Å². The van der Waals surface area contributed by atoms with Crippen molar-refractivity contribution in [1.29, 1.82) is 0 Å². The molecule has 2 rings (SSSR count). The van der Waals surface area contributed by atoms with Crippen molar-refractivity contribution in [2.45, 2.75) is 13.3 Å². The Morgan fingerprint density at radius 1 is 1.56 bits per heavy atom. The molecule has 0 spiro atoms. The second kappa shape index (κ2) is 5.10. The number of nitrogens with zero attached hydrogens (tertiary/aromatic N) is 3. The third kappa shape index (κ3) is 2.17. The zero-order valence-corrected chi connectivity index (χ0v) is 10.6. The first-order valence-corrected chi connectivity index (χ1v) is 5.85. The van der Waals surface area contributed by atoms with Crippen LogP contribution in [0.1, 0.15) is 18.3 Å². The second-order valence-electron chi connectivity index (χ2n) is 3.71. The number of hydrogen-bond acceptors (Lipinski definition) is 3. The maximum atomic E-state index is 8.81. The lowest BCUT2D eigenvalue weighted by molar-refractivity contribution is 0.318. The van der Waals surface area contributed by atoms with Crippen molar-refractivity contribution in [2.24, 2.45) is 10.9 Å².